The zero-order valence-corrected chi connectivity index (χ0v) is 9.38. The fourth-order valence-electron chi connectivity index (χ4n) is 1.25. The van der Waals surface area contributed by atoms with E-state index in [4.69, 9.17) is 5.26 Å². The van der Waals surface area contributed by atoms with Crippen LogP contribution in [-0.4, -0.2) is 31.3 Å². The van der Waals surface area contributed by atoms with Crippen molar-refractivity contribution in [3.05, 3.63) is 12.3 Å². The lowest BCUT2D eigenvalue weighted by Crippen LogP contribution is -2.34. The van der Waals surface area contributed by atoms with Crippen LogP contribution >= 0.6 is 0 Å². The summed E-state index contributed by atoms with van der Waals surface area (Å²) < 4.78 is 0. The summed E-state index contributed by atoms with van der Waals surface area (Å²) in [5, 5.41) is 8.65. The summed E-state index contributed by atoms with van der Waals surface area (Å²) in [7, 11) is 0. The van der Waals surface area contributed by atoms with Gasteiger partial charge in [0.1, 0.15) is 0 Å². The Morgan fingerprint density at radius 3 is 2.43 bits per heavy atom. The van der Waals surface area contributed by atoms with E-state index in [0.717, 1.165) is 6.54 Å². The molecule has 0 bridgehead atoms. The minimum absolute atomic E-state index is 0.179. The van der Waals surface area contributed by atoms with Gasteiger partial charge in [-0.25, -0.2) is 0 Å². The van der Waals surface area contributed by atoms with Crippen LogP contribution < -0.4 is 0 Å². The molecule has 0 aliphatic rings. The minimum atomic E-state index is 0.179. The van der Waals surface area contributed by atoms with Gasteiger partial charge in [-0.2, -0.15) is 5.26 Å². The quantitative estimate of drug-likeness (QED) is 0.495. The Balaban J connectivity index is 4.24. The summed E-state index contributed by atoms with van der Waals surface area (Å²) in [6.45, 7) is 15.5. The van der Waals surface area contributed by atoms with Gasteiger partial charge in [0, 0.05) is 18.8 Å². The van der Waals surface area contributed by atoms with Crippen LogP contribution in [0.1, 0.15) is 20.8 Å². The van der Waals surface area contributed by atoms with Crippen molar-refractivity contribution >= 4 is 6.72 Å². The molecule has 0 aliphatic carbocycles. The molecule has 0 rings (SSSR count). The van der Waals surface area contributed by atoms with Gasteiger partial charge in [-0.1, -0.05) is 27.4 Å². The molecule has 0 aromatic heterocycles. The van der Waals surface area contributed by atoms with Crippen LogP contribution in [-0.2, 0) is 0 Å². The number of aliphatic imine (C=N–C) groups is 1. The van der Waals surface area contributed by atoms with Crippen LogP contribution in [0.2, 0.25) is 0 Å². The first-order valence-electron chi connectivity index (χ1n) is 4.63. The van der Waals surface area contributed by atoms with Crippen molar-refractivity contribution in [1.82, 2.24) is 4.90 Å². The first-order chi connectivity index (χ1) is 6.39. The molecule has 78 valence electrons. The lowest BCUT2D eigenvalue weighted by molar-refractivity contribution is 0.223. The largest absolute Gasteiger partial charge is 0.284 e. The highest BCUT2D eigenvalue weighted by molar-refractivity contribution is 5.28. The summed E-state index contributed by atoms with van der Waals surface area (Å²) in [6.07, 6.45) is 0. The number of rotatable bonds is 5. The average molecular weight is 193 g/mol. The van der Waals surface area contributed by atoms with E-state index in [1.54, 1.807) is 0 Å². The summed E-state index contributed by atoms with van der Waals surface area (Å²) in [6, 6.07) is 2.14. The van der Waals surface area contributed by atoms with Gasteiger partial charge in [0.2, 0.25) is 0 Å². The highest BCUT2D eigenvalue weighted by Gasteiger charge is 2.16. The second-order valence-electron chi connectivity index (χ2n) is 4.59. The Labute approximate surface area is 86.7 Å². The molecular weight excluding hydrogens is 174 g/mol. The molecule has 0 spiro atoms. The summed E-state index contributed by atoms with van der Waals surface area (Å²) in [4.78, 5) is 5.77. The number of nitriles is 1. The topological polar surface area (TPSA) is 39.4 Å². The van der Waals surface area contributed by atoms with E-state index in [0.29, 0.717) is 18.8 Å². The molecule has 3 heteroatoms. The van der Waals surface area contributed by atoms with Crippen LogP contribution in [0.15, 0.2) is 17.3 Å². The van der Waals surface area contributed by atoms with Gasteiger partial charge < -0.3 is 0 Å². The maximum absolute atomic E-state index is 8.65. The van der Waals surface area contributed by atoms with Gasteiger partial charge in [-0.05, 0) is 12.1 Å². The Kier molecular flexibility index (Phi) is 5.11. The van der Waals surface area contributed by atoms with Crippen LogP contribution in [0.4, 0.5) is 0 Å². The monoisotopic (exact) mass is 193 g/mol. The number of hydrogen-bond donors (Lipinski definition) is 0. The molecule has 0 N–H and O–H groups in total. The molecule has 0 fully saturated rings. The minimum Gasteiger partial charge on any atom is -0.284 e. The van der Waals surface area contributed by atoms with Crippen molar-refractivity contribution in [3.63, 3.8) is 0 Å². The third-order valence-electron chi connectivity index (χ3n) is 1.62. The summed E-state index contributed by atoms with van der Waals surface area (Å²) in [5.74, 6) is 0. The van der Waals surface area contributed by atoms with E-state index < -0.39 is 0 Å². The fourth-order valence-corrected chi connectivity index (χ4v) is 1.25. The molecule has 0 heterocycles. The van der Waals surface area contributed by atoms with E-state index in [2.05, 4.69) is 45.1 Å². The molecule has 0 aromatic rings. The molecule has 0 aromatic carbocycles. The Morgan fingerprint density at radius 2 is 2.07 bits per heavy atom. The molecule has 0 amide bonds. The van der Waals surface area contributed by atoms with Crippen LogP contribution in [0, 0.1) is 16.7 Å². The van der Waals surface area contributed by atoms with Gasteiger partial charge in [0.25, 0.3) is 0 Å². The van der Waals surface area contributed by atoms with Gasteiger partial charge in [0.15, 0.2) is 0 Å². The molecule has 0 radical (unpaired) electrons. The van der Waals surface area contributed by atoms with E-state index in [-0.39, 0.29) is 5.41 Å². The molecular formula is C11H19N3. The third kappa shape index (κ3) is 6.38. The van der Waals surface area contributed by atoms with Crippen LogP contribution in [0.5, 0.6) is 0 Å². The molecule has 3 nitrogen and oxygen atoms in total. The second-order valence-corrected chi connectivity index (χ2v) is 4.59. The zero-order chi connectivity index (χ0) is 11.2. The maximum atomic E-state index is 8.65. The zero-order valence-electron chi connectivity index (χ0n) is 9.38. The first-order valence-corrected chi connectivity index (χ1v) is 4.63. The van der Waals surface area contributed by atoms with Crippen LogP contribution in [0.3, 0.4) is 0 Å². The Morgan fingerprint density at radius 1 is 1.50 bits per heavy atom. The average Bonchev–Trinajstić information content (AvgIpc) is 2.01. The summed E-state index contributed by atoms with van der Waals surface area (Å²) >= 11 is 0. The second kappa shape index (κ2) is 5.56. The SMILES string of the molecule is C=NC(=C)CN(CC#N)CC(C)(C)C. The van der Waals surface area contributed by atoms with Crippen molar-refractivity contribution in [2.24, 2.45) is 10.4 Å². The lowest BCUT2D eigenvalue weighted by atomic mass is 9.96. The van der Waals surface area contributed by atoms with Crippen molar-refractivity contribution in [2.75, 3.05) is 19.6 Å². The maximum Gasteiger partial charge on any atom is 0.0869 e. The molecule has 0 saturated carbocycles. The van der Waals surface area contributed by atoms with E-state index in [9.17, 15) is 0 Å². The molecule has 0 unspecified atom stereocenters. The third-order valence-corrected chi connectivity index (χ3v) is 1.62. The van der Waals surface area contributed by atoms with E-state index in [1.165, 1.54) is 0 Å². The predicted octanol–water partition coefficient (Wildman–Crippen LogP) is 2.07. The Bertz CT molecular complexity index is 242. The first kappa shape index (κ1) is 12.9. The molecule has 0 atom stereocenters. The Hall–Kier alpha value is -1.14. The molecule has 14 heavy (non-hydrogen) atoms. The van der Waals surface area contributed by atoms with Crippen molar-refractivity contribution in [3.8, 4) is 6.07 Å². The number of nitrogens with zero attached hydrogens (tertiary/aromatic N) is 3. The van der Waals surface area contributed by atoms with Gasteiger partial charge in [-0.15, -0.1) is 0 Å². The number of hydrogen-bond acceptors (Lipinski definition) is 3. The lowest BCUT2D eigenvalue weighted by Gasteiger charge is -2.27. The molecule has 0 saturated heterocycles. The highest BCUT2D eigenvalue weighted by Crippen LogP contribution is 2.15. The van der Waals surface area contributed by atoms with Crippen molar-refractivity contribution in [2.45, 2.75) is 20.8 Å². The summed E-state index contributed by atoms with van der Waals surface area (Å²) in [5.41, 5.74) is 0.891. The smallest absolute Gasteiger partial charge is 0.0869 e. The highest BCUT2D eigenvalue weighted by atomic mass is 15.1. The normalized spacial score (nSPS) is 11.1. The van der Waals surface area contributed by atoms with E-state index >= 15 is 0 Å². The van der Waals surface area contributed by atoms with Crippen molar-refractivity contribution < 1.29 is 0 Å². The standard InChI is InChI=1S/C11H19N3/c1-10(13-5)8-14(7-6-12)9-11(2,3)4/h1,5,7-9H2,2-4H3. The predicted molar refractivity (Wildman–Crippen MR) is 60.2 cm³/mol. The van der Waals surface area contributed by atoms with Gasteiger partial charge in [0.05, 0.1) is 12.6 Å². The van der Waals surface area contributed by atoms with E-state index in [1.807, 2.05) is 4.90 Å². The van der Waals surface area contributed by atoms with Gasteiger partial charge >= 0.3 is 0 Å². The molecule has 0 aliphatic heterocycles. The van der Waals surface area contributed by atoms with Gasteiger partial charge in [-0.3, -0.25) is 9.89 Å². The van der Waals surface area contributed by atoms with Crippen LogP contribution in [0.25, 0.3) is 0 Å². The van der Waals surface area contributed by atoms with Crippen molar-refractivity contribution in [1.29, 1.82) is 5.26 Å². The fraction of sp³-hybridized carbons (Fsp3) is 0.636.